The first kappa shape index (κ1) is 12.7. The van der Waals surface area contributed by atoms with Crippen LogP contribution in [-0.4, -0.2) is 9.97 Å². The summed E-state index contributed by atoms with van der Waals surface area (Å²) in [6, 6.07) is 8.42. The minimum Gasteiger partial charge on any atom is -0.241 e. The molecule has 18 heavy (non-hydrogen) atoms. The summed E-state index contributed by atoms with van der Waals surface area (Å²) < 4.78 is 0. The van der Waals surface area contributed by atoms with Crippen molar-refractivity contribution in [2.75, 3.05) is 0 Å². The van der Waals surface area contributed by atoms with E-state index in [1.807, 2.05) is 12.3 Å². The van der Waals surface area contributed by atoms with Gasteiger partial charge < -0.3 is 0 Å². The maximum absolute atomic E-state index is 4.67. The molecule has 2 nitrogen and oxygen atoms in total. The van der Waals surface area contributed by atoms with E-state index in [0.717, 1.165) is 17.1 Å². The molecule has 1 aromatic heterocycles. The van der Waals surface area contributed by atoms with Crippen molar-refractivity contribution in [3.63, 3.8) is 0 Å². The van der Waals surface area contributed by atoms with Gasteiger partial charge in [0.1, 0.15) is 5.82 Å². The van der Waals surface area contributed by atoms with Crippen LogP contribution in [0.3, 0.4) is 0 Å². The molecule has 0 aliphatic carbocycles. The summed E-state index contributed by atoms with van der Waals surface area (Å²) in [6.45, 7) is 10.6. The Labute approximate surface area is 109 Å². The number of benzene rings is 1. The fourth-order valence-corrected chi connectivity index (χ4v) is 1.78. The lowest BCUT2D eigenvalue weighted by Gasteiger charge is -2.17. The molecule has 2 heteroatoms. The topological polar surface area (TPSA) is 25.8 Å². The second-order valence-electron chi connectivity index (χ2n) is 5.81. The van der Waals surface area contributed by atoms with Crippen LogP contribution in [0.2, 0.25) is 0 Å². The molecule has 0 spiro atoms. The number of aryl methyl sites for hydroxylation is 2. The van der Waals surface area contributed by atoms with Gasteiger partial charge in [-0.25, -0.2) is 9.97 Å². The molecule has 1 aromatic carbocycles. The predicted octanol–water partition coefficient (Wildman–Crippen LogP) is 4.06. The van der Waals surface area contributed by atoms with Gasteiger partial charge in [-0.15, -0.1) is 0 Å². The number of rotatable bonds is 1. The van der Waals surface area contributed by atoms with Crippen LogP contribution < -0.4 is 0 Å². The molecule has 0 aliphatic rings. The van der Waals surface area contributed by atoms with Gasteiger partial charge in [-0.3, -0.25) is 0 Å². The van der Waals surface area contributed by atoms with Gasteiger partial charge in [0.2, 0.25) is 0 Å². The molecule has 0 amide bonds. The van der Waals surface area contributed by atoms with Gasteiger partial charge in [-0.1, -0.05) is 32.9 Å². The van der Waals surface area contributed by atoms with Crippen molar-refractivity contribution in [3.05, 3.63) is 47.4 Å². The molecular weight excluding hydrogens is 220 g/mol. The van der Waals surface area contributed by atoms with Gasteiger partial charge in [0.15, 0.2) is 0 Å². The molecule has 0 bridgehead atoms. The van der Waals surface area contributed by atoms with E-state index >= 15 is 0 Å². The first-order chi connectivity index (χ1) is 8.38. The van der Waals surface area contributed by atoms with Crippen LogP contribution in [0.5, 0.6) is 0 Å². The zero-order valence-corrected chi connectivity index (χ0v) is 11.8. The van der Waals surface area contributed by atoms with Gasteiger partial charge in [-0.2, -0.15) is 0 Å². The summed E-state index contributed by atoms with van der Waals surface area (Å²) in [6.07, 6.45) is 1.85. The zero-order chi connectivity index (χ0) is 13.3. The molecule has 0 aliphatic heterocycles. The first-order valence-electron chi connectivity index (χ1n) is 6.29. The standard InChI is InChI=1S/C16H20N2/c1-11-6-7-13(10-12(11)2)14-8-9-17-15(18-14)16(3,4)5/h6-10H,1-5H3. The quantitative estimate of drug-likeness (QED) is 0.751. The number of aromatic nitrogens is 2. The largest absolute Gasteiger partial charge is 0.241 e. The van der Waals surface area contributed by atoms with Crippen molar-refractivity contribution in [2.45, 2.75) is 40.0 Å². The lowest BCUT2D eigenvalue weighted by atomic mass is 9.95. The predicted molar refractivity (Wildman–Crippen MR) is 75.6 cm³/mol. The van der Waals surface area contributed by atoms with Crippen LogP contribution in [0.1, 0.15) is 37.7 Å². The van der Waals surface area contributed by atoms with Gasteiger partial charge in [0.05, 0.1) is 5.69 Å². The zero-order valence-electron chi connectivity index (χ0n) is 11.8. The number of hydrogen-bond acceptors (Lipinski definition) is 2. The molecule has 0 saturated heterocycles. The highest BCUT2D eigenvalue weighted by molar-refractivity contribution is 5.60. The fourth-order valence-electron chi connectivity index (χ4n) is 1.78. The highest BCUT2D eigenvalue weighted by atomic mass is 14.9. The Morgan fingerprint density at radius 3 is 2.28 bits per heavy atom. The molecule has 94 valence electrons. The van der Waals surface area contributed by atoms with E-state index in [2.05, 4.69) is 62.8 Å². The third kappa shape index (κ3) is 2.58. The average Bonchev–Trinajstić information content (AvgIpc) is 2.32. The normalized spacial score (nSPS) is 11.6. The van der Waals surface area contributed by atoms with E-state index in [0.29, 0.717) is 0 Å². The third-order valence-corrected chi connectivity index (χ3v) is 3.13. The summed E-state index contributed by atoms with van der Waals surface area (Å²) in [4.78, 5) is 9.04. The third-order valence-electron chi connectivity index (χ3n) is 3.13. The van der Waals surface area contributed by atoms with Crippen molar-refractivity contribution < 1.29 is 0 Å². The Balaban J connectivity index is 2.48. The molecule has 0 radical (unpaired) electrons. The van der Waals surface area contributed by atoms with Crippen LogP contribution in [0.4, 0.5) is 0 Å². The fraction of sp³-hybridized carbons (Fsp3) is 0.375. The van der Waals surface area contributed by atoms with E-state index in [1.165, 1.54) is 11.1 Å². The van der Waals surface area contributed by atoms with E-state index < -0.39 is 0 Å². The van der Waals surface area contributed by atoms with Crippen molar-refractivity contribution in [3.8, 4) is 11.3 Å². The summed E-state index contributed by atoms with van der Waals surface area (Å²) in [7, 11) is 0. The maximum atomic E-state index is 4.67. The highest BCUT2D eigenvalue weighted by Gasteiger charge is 2.17. The Kier molecular flexibility index (Phi) is 3.20. The molecule has 0 unspecified atom stereocenters. The van der Waals surface area contributed by atoms with Crippen LogP contribution in [0.25, 0.3) is 11.3 Å². The molecular formula is C16H20N2. The van der Waals surface area contributed by atoms with E-state index in [9.17, 15) is 0 Å². The van der Waals surface area contributed by atoms with Gasteiger partial charge >= 0.3 is 0 Å². The van der Waals surface area contributed by atoms with E-state index in [1.54, 1.807) is 0 Å². The Hall–Kier alpha value is -1.70. The van der Waals surface area contributed by atoms with E-state index in [4.69, 9.17) is 0 Å². The number of hydrogen-bond donors (Lipinski definition) is 0. The maximum Gasteiger partial charge on any atom is 0.134 e. The van der Waals surface area contributed by atoms with Crippen molar-refractivity contribution in [1.29, 1.82) is 0 Å². The molecule has 0 atom stereocenters. The summed E-state index contributed by atoms with van der Waals surface area (Å²) in [5, 5.41) is 0. The van der Waals surface area contributed by atoms with Gasteiger partial charge in [0.25, 0.3) is 0 Å². The lowest BCUT2D eigenvalue weighted by Crippen LogP contribution is -2.15. The Morgan fingerprint density at radius 1 is 0.944 bits per heavy atom. The molecule has 2 aromatic rings. The van der Waals surface area contributed by atoms with Crippen molar-refractivity contribution >= 4 is 0 Å². The molecule has 0 N–H and O–H groups in total. The minimum absolute atomic E-state index is 0.0181. The smallest absolute Gasteiger partial charge is 0.134 e. The lowest BCUT2D eigenvalue weighted by molar-refractivity contribution is 0.546. The van der Waals surface area contributed by atoms with Crippen LogP contribution in [-0.2, 0) is 5.41 Å². The molecule has 1 heterocycles. The number of nitrogens with zero attached hydrogens (tertiary/aromatic N) is 2. The van der Waals surface area contributed by atoms with Gasteiger partial charge in [-0.05, 0) is 37.1 Å². The second-order valence-corrected chi connectivity index (χ2v) is 5.81. The monoisotopic (exact) mass is 240 g/mol. The highest BCUT2D eigenvalue weighted by Crippen LogP contribution is 2.23. The van der Waals surface area contributed by atoms with Crippen molar-refractivity contribution in [2.24, 2.45) is 0 Å². The summed E-state index contributed by atoms with van der Waals surface area (Å²) in [5.41, 5.74) is 4.74. The molecule has 2 rings (SSSR count). The van der Waals surface area contributed by atoms with Crippen LogP contribution in [0.15, 0.2) is 30.5 Å². The summed E-state index contributed by atoms with van der Waals surface area (Å²) in [5.74, 6) is 0.887. The van der Waals surface area contributed by atoms with Crippen LogP contribution in [0, 0.1) is 13.8 Å². The van der Waals surface area contributed by atoms with Crippen LogP contribution >= 0.6 is 0 Å². The van der Waals surface area contributed by atoms with Gasteiger partial charge in [0, 0.05) is 17.2 Å². The molecule has 0 saturated carbocycles. The Morgan fingerprint density at radius 2 is 1.67 bits per heavy atom. The SMILES string of the molecule is Cc1ccc(-c2ccnc(C(C)(C)C)n2)cc1C. The Bertz CT molecular complexity index is 566. The minimum atomic E-state index is -0.0181. The second kappa shape index (κ2) is 4.52. The van der Waals surface area contributed by atoms with Crippen molar-refractivity contribution in [1.82, 2.24) is 9.97 Å². The first-order valence-corrected chi connectivity index (χ1v) is 6.29. The molecule has 0 fully saturated rings. The summed E-state index contributed by atoms with van der Waals surface area (Å²) >= 11 is 0. The van der Waals surface area contributed by atoms with E-state index in [-0.39, 0.29) is 5.41 Å². The average molecular weight is 240 g/mol.